The summed E-state index contributed by atoms with van der Waals surface area (Å²) in [6, 6.07) is 8.79. The predicted octanol–water partition coefficient (Wildman–Crippen LogP) is 1.61. The third-order valence-corrected chi connectivity index (χ3v) is 3.38. The van der Waals surface area contributed by atoms with Crippen LogP contribution < -0.4 is 11.2 Å². The smallest absolute Gasteiger partial charge is 0.298 e. The lowest BCUT2D eigenvalue weighted by Crippen LogP contribution is -2.41. The van der Waals surface area contributed by atoms with Crippen LogP contribution in [0.1, 0.15) is 18.1 Å². The first-order chi connectivity index (χ1) is 9.88. The molecule has 0 bridgehead atoms. The maximum atomic E-state index is 12.3. The molecule has 0 unspecified atom stereocenters. The zero-order valence-corrected chi connectivity index (χ0v) is 12.6. The summed E-state index contributed by atoms with van der Waals surface area (Å²) >= 11 is 5.99. The molecule has 0 N–H and O–H groups in total. The quantitative estimate of drug-likeness (QED) is 0.806. The van der Waals surface area contributed by atoms with Gasteiger partial charge in [-0.25, -0.2) is 4.79 Å². The number of rotatable bonds is 4. The summed E-state index contributed by atoms with van der Waals surface area (Å²) in [6.07, 6.45) is 0. The fourth-order valence-corrected chi connectivity index (χ4v) is 2.20. The summed E-state index contributed by atoms with van der Waals surface area (Å²) in [5.41, 5.74) is 0.847. The van der Waals surface area contributed by atoms with E-state index in [-0.39, 0.29) is 24.0 Å². The normalized spacial score (nSPS) is 10.6. The molecular formula is C15H15ClN2O3. The Balaban J connectivity index is 2.48. The summed E-state index contributed by atoms with van der Waals surface area (Å²) in [4.78, 5) is 35.2. The van der Waals surface area contributed by atoms with Crippen molar-refractivity contribution in [2.75, 3.05) is 0 Å². The molecule has 5 nitrogen and oxygen atoms in total. The number of nitrogens with zero attached hydrogens (tertiary/aromatic N) is 2. The van der Waals surface area contributed by atoms with Gasteiger partial charge in [0.25, 0.3) is 5.56 Å². The number of carbonyl (C=O) groups is 1. The van der Waals surface area contributed by atoms with Gasteiger partial charge in [-0.2, -0.15) is 0 Å². The number of Topliss-reactive ketones (excluding diaryl/α,β-unsaturated/α-hetero) is 1. The number of aryl methyl sites for hydroxylation is 1. The molecule has 0 aliphatic heterocycles. The van der Waals surface area contributed by atoms with Gasteiger partial charge in [0.15, 0.2) is 0 Å². The minimum Gasteiger partial charge on any atom is -0.298 e. The molecule has 6 heteroatoms. The van der Waals surface area contributed by atoms with E-state index in [9.17, 15) is 14.4 Å². The zero-order valence-electron chi connectivity index (χ0n) is 11.8. The summed E-state index contributed by atoms with van der Waals surface area (Å²) in [5.74, 6) is -0.265. The van der Waals surface area contributed by atoms with Crippen molar-refractivity contribution in [3.05, 3.63) is 67.4 Å². The highest BCUT2D eigenvalue weighted by molar-refractivity contribution is 6.29. The van der Waals surface area contributed by atoms with Crippen molar-refractivity contribution < 1.29 is 4.79 Å². The number of hydrogen-bond donors (Lipinski definition) is 0. The van der Waals surface area contributed by atoms with Gasteiger partial charge in [-0.1, -0.05) is 41.4 Å². The summed E-state index contributed by atoms with van der Waals surface area (Å²) in [7, 11) is 0. The average Bonchev–Trinajstić information content (AvgIpc) is 2.41. The summed E-state index contributed by atoms with van der Waals surface area (Å²) in [5, 5.41) is 0.0605. The van der Waals surface area contributed by atoms with Gasteiger partial charge in [0, 0.05) is 6.07 Å². The van der Waals surface area contributed by atoms with Gasteiger partial charge in [-0.05, 0) is 19.4 Å². The van der Waals surface area contributed by atoms with E-state index in [1.54, 1.807) is 0 Å². The van der Waals surface area contributed by atoms with E-state index in [0.717, 1.165) is 21.8 Å². The van der Waals surface area contributed by atoms with E-state index in [0.29, 0.717) is 0 Å². The fraction of sp³-hybridized carbons (Fsp3) is 0.267. The molecule has 0 aliphatic carbocycles. The maximum absolute atomic E-state index is 12.3. The molecule has 0 fully saturated rings. The molecule has 2 rings (SSSR count). The van der Waals surface area contributed by atoms with E-state index >= 15 is 0 Å². The molecule has 0 amide bonds. The van der Waals surface area contributed by atoms with Gasteiger partial charge in [0.2, 0.25) is 0 Å². The average molecular weight is 307 g/mol. The Kier molecular flexibility index (Phi) is 4.43. The van der Waals surface area contributed by atoms with Crippen molar-refractivity contribution in [1.29, 1.82) is 0 Å². The van der Waals surface area contributed by atoms with Crippen LogP contribution in [0, 0.1) is 6.92 Å². The predicted molar refractivity (Wildman–Crippen MR) is 80.9 cm³/mol. The lowest BCUT2D eigenvalue weighted by molar-refractivity contribution is -0.117. The number of carbonyl (C=O) groups excluding carboxylic acids is 1. The highest BCUT2D eigenvalue weighted by Crippen LogP contribution is 2.08. The third-order valence-electron chi connectivity index (χ3n) is 3.07. The first-order valence-electron chi connectivity index (χ1n) is 6.43. The van der Waals surface area contributed by atoms with E-state index < -0.39 is 11.2 Å². The van der Waals surface area contributed by atoms with E-state index in [4.69, 9.17) is 11.6 Å². The second kappa shape index (κ2) is 6.10. The van der Waals surface area contributed by atoms with Crippen molar-refractivity contribution >= 4 is 17.4 Å². The number of ketones is 1. The molecule has 0 aliphatic rings. The van der Waals surface area contributed by atoms with E-state index in [1.807, 2.05) is 31.2 Å². The Morgan fingerprint density at radius 1 is 1.14 bits per heavy atom. The Morgan fingerprint density at radius 2 is 1.76 bits per heavy atom. The lowest BCUT2D eigenvalue weighted by atomic mass is 10.1. The monoisotopic (exact) mass is 306 g/mol. The Labute approximate surface area is 126 Å². The van der Waals surface area contributed by atoms with Crippen molar-refractivity contribution in [3.8, 4) is 0 Å². The Hall–Kier alpha value is -2.14. The molecule has 0 atom stereocenters. The molecule has 110 valence electrons. The van der Waals surface area contributed by atoms with Gasteiger partial charge in [0.1, 0.15) is 10.9 Å². The molecule has 0 spiro atoms. The minimum atomic E-state index is -0.580. The molecule has 2 aromatic rings. The number of aromatic nitrogens is 2. The zero-order chi connectivity index (χ0) is 15.6. The lowest BCUT2D eigenvalue weighted by Gasteiger charge is -2.11. The minimum absolute atomic E-state index is 0.0605. The highest BCUT2D eigenvalue weighted by Gasteiger charge is 2.11. The first kappa shape index (κ1) is 15.3. The SMILES string of the molecule is CC(=O)Cn1c(=O)cc(Cl)n(Cc2ccc(C)cc2)c1=O. The van der Waals surface area contributed by atoms with Crippen LogP contribution in [0.5, 0.6) is 0 Å². The van der Waals surface area contributed by atoms with Crippen LogP contribution in [0.2, 0.25) is 5.15 Å². The van der Waals surface area contributed by atoms with Gasteiger partial charge in [-0.15, -0.1) is 0 Å². The van der Waals surface area contributed by atoms with E-state index in [2.05, 4.69) is 0 Å². The number of hydrogen-bond acceptors (Lipinski definition) is 3. The summed E-state index contributed by atoms with van der Waals surface area (Å²) in [6.45, 7) is 3.29. The van der Waals surface area contributed by atoms with Crippen LogP contribution >= 0.6 is 11.6 Å². The molecule has 0 saturated carbocycles. The number of benzene rings is 1. The Morgan fingerprint density at radius 3 is 2.33 bits per heavy atom. The maximum Gasteiger partial charge on any atom is 0.332 e. The molecular weight excluding hydrogens is 292 g/mol. The van der Waals surface area contributed by atoms with Gasteiger partial charge in [0.05, 0.1) is 13.1 Å². The summed E-state index contributed by atoms with van der Waals surface area (Å²) < 4.78 is 2.17. The largest absolute Gasteiger partial charge is 0.332 e. The van der Waals surface area contributed by atoms with E-state index in [1.165, 1.54) is 11.5 Å². The van der Waals surface area contributed by atoms with Crippen molar-refractivity contribution in [2.45, 2.75) is 26.9 Å². The number of halogens is 1. The van der Waals surface area contributed by atoms with Crippen molar-refractivity contribution in [2.24, 2.45) is 0 Å². The third kappa shape index (κ3) is 3.49. The van der Waals surface area contributed by atoms with Gasteiger partial charge in [-0.3, -0.25) is 18.7 Å². The van der Waals surface area contributed by atoms with Crippen LogP contribution in [0.3, 0.4) is 0 Å². The highest BCUT2D eigenvalue weighted by atomic mass is 35.5. The molecule has 1 aromatic heterocycles. The standard InChI is InChI=1S/C15H15ClN2O3/c1-10-3-5-12(6-4-10)9-17-13(16)7-14(20)18(15(17)21)8-11(2)19/h3-7H,8-9H2,1-2H3. The molecule has 1 aromatic carbocycles. The molecule has 21 heavy (non-hydrogen) atoms. The van der Waals surface area contributed by atoms with Crippen LogP contribution in [-0.2, 0) is 17.9 Å². The second-order valence-electron chi connectivity index (χ2n) is 4.95. The van der Waals surface area contributed by atoms with Crippen molar-refractivity contribution in [1.82, 2.24) is 9.13 Å². The molecule has 0 saturated heterocycles. The Bertz CT molecular complexity index is 788. The second-order valence-corrected chi connectivity index (χ2v) is 5.34. The van der Waals surface area contributed by atoms with Crippen LogP contribution in [0.25, 0.3) is 0 Å². The van der Waals surface area contributed by atoms with Crippen LogP contribution in [0.15, 0.2) is 39.9 Å². The topological polar surface area (TPSA) is 61.1 Å². The fourth-order valence-electron chi connectivity index (χ4n) is 1.98. The molecule has 1 heterocycles. The first-order valence-corrected chi connectivity index (χ1v) is 6.81. The van der Waals surface area contributed by atoms with Gasteiger partial charge < -0.3 is 0 Å². The molecule has 0 radical (unpaired) electrons. The van der Waals surface area contributed by atoms with Crippen LogP contribution in [-0.4, -0.2) is 14.9 Å². The van der Waals surface area contributed by atoms with Crippen LogP contribution in [0.4, 0.5) is 0 Å². The van der Waals surface area contributed by atoms with Crippen molar-refractivity contribution in [3.63, 3.8) is 0 Å². The van der Waals surface area contributed by atoms with Gasteiger partial charge >= 0.3 is 5.69 Å².